The number of nitrogens with zero attached hydrogens (tertiary/aromatic N) is 1. The third-order valence-electron chi connectivity index (χ3n) is 5.87. The third-order valence-corrected chi connectivity index (χ3v) is 5.87. The van der Waals surface area contributed by atoms with E-state index in [1.807, 2.05) is 0 Å². The average Bonchev–Trinajstić information content (AvgIpc) is 2.68. The molecule has 29 heavy (non-hydrogen) atoms. The maximum Gasteiger partial charge on any atom is 0.416 e. The van der Waals surface area contributed by atoms with Crippen LogP contribution in [-0.2, 0) is 22.3 Å². The molecule has 0 bridgehead atoms. The van der Waals surface area contributed by atoms with Gasteiger partial charge in [0, 0.05) is 26.1 Å². The van der Waals surface area contributed by atoms with E-state index in [2.05, 4.69) is 5.32 Å². The molecule has 1 saturated heterocycles. The van der Waals surface area contributed by atoms with Crippen molar-refractivity contribution in [2.75, 3.05) is 13.1 Å². The second-order valence-electron chi connectivity index (χ2n) is 8.21. The number of amides is 2. The summed E-state index contributed by atoms with van der Waals surface area (Å²) in [4.78, 5) is 26.2. The fourth-order valence-corrected chi connectivity index (χ4v) is 4.13. The van der Waals surface area contributed by atoms with E-state index in [-0.39, 0.29) is 37.9 Å². The van der Waals surface area contributed by atoms with Crippen molar-refractivity contribution >= 4 is 11.8 Å². The topological polar surface area (TPSA) is 69.6 Å². The predicted octanol–water partition coefficient (Wildman–Crippen LogP) is 3.26. The highest BCUT2D eigenvalue weighted by atomic mass is 19.4. The fourth-order valence-electron chi connectivity index (χ4n) is 4.13. The van der Waals surface area contributed by atoms with Crippen molar-refractivity contribution in [3.8, 4) is 0 Å². The van der Waals surface area contributed by atoms with Crippen LogP contribution < -0.4 is 5.32 Å². The van der Waals surface area contributed by atoms with Crippen LogP contribution in [0.5, 0.6) is 0 Å². The Labute approximate surface area is 168 Å². The first-order chi connectivity index (χ1) is 13.7. The highest BCUT2D eigenvalue weighted by Crippen LogP contribution is 2.30. The molecule has 2 amide bonds. The molecule has 8 heteroatoms. The second-order valence-corrected chi connectivity index (χ2v) is 8.21. The summed E-state index contributed by atoms with van der Waals surface area (Å²) in [6, 6.07) is 4.90. The Balaban J connectivity index is 1.58. The molecule has 0 aromatic heterocycles. The van der Waals surface area contributed by atoms with Crippen LogP contribution in [-0.4, -0.2) is 40.5 Å². The first-order valence-corrected chi connectivity index (χ1v) is 10.1. The van der Waals surface area contributed by atoms with Gasteiger partial charge < -0.3 is 15.3 Å². The molecule has 5 nitrogen and oxygen atoms in total. The molecule has 2 N–H and O–H groups in total. The van der Waals surface area contributed by atoms with Crippen LogP contribution in [0.15, 0.2) is 24.3 Å². The molecule has 1 saturated carbocycles. The second kappa shape index (κ2) is 8.73. The number of likely N-dealkylation sites (tertiary alicyclic amines) is 1. The zero-order chi connectivity index (χ0) is 21.1. The molecule has 0 radical (unpaired) electrons. The highest BCUT2D eigenvalue weighted by molar-refractivity contribution is 5.83. The molecule has 1 heterocycles. The van der Waals surface area contributed by atoms with Gasteiger partial charge in [-0.1, -0.05) is 31.4 Å². The Hall–Kier alpha value is -2.09. The van der Waals surface area contributed by atoms with Gasteiger partial charge in [0.15, 0.2) is 0 Å². The molecule has 2 fully saturated rings. The SMILES string of the molecule is O=C(NCC1(O)CCCCC1)[C@H]1CCC(=O)N(Cc2cccc(C(F)(F)F)c2)C1. The number of hydrogen-bond acceptors (Lipinski definition) is 3. The van der Waals surface area contributed by atoms with Crippen molar-refractivity contribution < 1.29 is 27.9 Å². The predicted molar refractivity (Wildman–Crippen MR) is 101 cm³/mol. The monoisotopic (exact) mass is 412 g/mol. The lowest BCUT2D eigenvalue weighted by atomic mass is 9.84. The quantitative estimate of drug-likeness (QED) is 0.780. The fraction of sp³-hybridized carbons (Fsp3) is 0.619. The molecule has 1 atom stereocenters. The Morgan fingerprint density at radius 3 is 2.66 bits per heavy atom. The van der Waals surface area contributed by atoms with Crippen LogP contribution in [0.2, 0.25) is 0 Å². The lowest BCUT2D eigenvalue weighted by Crippen LogP contribution is -2.49. The van der Waals surface area contributed by atoms with Gasteiger partial charge >= 0.3 is 6.18 Å². The Morgan fingerprint density at radius 2 is 1.97 bits per heavy atom. The van der Waals surface area contributed by atoms with E-state index in [1.54, 1.807) is 6.07 Å². The number of hydrogen-bond donors (Lipinski definition) is 2. The van der Waals surface area contributed by atoms with Gasteiger partial charge in [-0.2, -0.15) is 13.2 Å². The van der Waals surface area contributed by atoms with Gasteiger partial charge in [-0.05, 0) is 37.0 Å². The molecular formula is C21H27F3N2O3. The normalized spacial score (nSPS) is 22.4. The van der Waals surface area contributed by atoms with E-state index in [0.717, 1.165) is 31.4 Å². The summed E-state index contributed by atoms with van der Waals surface area (Å²) in [6.07, 6.45) is 0.443. The maximum absolute atomic E-state index is 12.9. The van der Waals surface area contributed by atoms with Crippen LogP contribution in [0.4, 0.5) is 13.2 Å². The molecule has 0 spiro atoms. The molecule has 2 aliphatic rings. The Morgan fingerprint density at radius 1 is 1.24 bits per heavy atom. The van der Waals surface area contributed by atoms with Gasteiger partial charge in [-0.25, -0.2) is 0 Å². The van der Waals surface area contributed by atoms with Crippen molar-refractivity contribution in [1.29, 1.82) is 0 Å². The van der Waals surface area contributed by atoms with Crippen molar-refractivity contribution in [3.05, 3.63) is 35.4 Å². The summed E-state index contributed by atoms with van der Waals surface area (Å²) in [5.41, 5.74) is -1.24. The number of aliphatic hydroxyl groups is 1. The summed E-state index contributed by atoms with van der Waals surface area (Å²) >= 11 is 0. The summed E-state index contributed by atoms with van der Waals surface area (Å²) in [5, 5.41) is 13.3. The zero-order valence-electron chi connectivity index (χ0n) is 16.3. The number of alkyl halides is 3. The minimum absolute atomic E-state index is 0.0382. The first-order valence-electron chi connectivity index (χ1n) is 10.1. The van der Waals surface area contributed by atoms with Crippen LogP contribution in [0.3, 0.4) is 0 Å². The number of carbonyl (C=O) groups is 2. The van der Waals surface area contributed by atoms with E-state index in [0.29, 0.717) is 24.8 Å². The Bertz CT molecular complexity index is 745. The molecular weight excluding hydrogens is 385 g/mol. The van der Waals surface area contributed by atoms with E-state index in [9.17, 15) is 27.9 Å². The van der Waals surface area contributed by atoms with Crippen molar-refractivity contribution in [2.45, 2.75) is 63.3 Å². The van der Waals surface area contributed by atoms with Gasteiger partial charge in [0.05, 0.1) is 17.1 Å². The Kier molecular flexibility index (Phi) is 6.51. The third kappa shape index (κ3) is 5.72. The maximum atomic E-state index is 12.9. The van der Waals surface area contributed by atoms with Gasteiger partial charge in [-0.3, -0.25) is 9.59 Å². The van der Waals surface area contributed by atoms with Crippen LogP contribution in [0, 0.1) is 5.92 Å². The first kappa shape index (κ1) is 21.6. The van der Waals surface area contributed by atoms with Gasteiger partial charge in [0.2, 0.25) is 11.8 Å². The number of nitrogens with one attached hydrogen (secondary N) is 1. The number of halogens is 3. The van der Waals surface area contributed by atoms with Crippen molar-refractivity contribution in [2.24, 2.45) is 5.92 Å². The summed E-state index contributed by atoms with van der Waals surface area (Å²) in [7, 11) is 0. The lowest BCUT2D eigenvalue weighted by molar-refractivity contribution is -0.139. The molecule has 1 aromatic rings. The largest absolute Gasteiger partial charge is 0.416 e. The van der Waals surface area contributed by atoms with Gasteiger partial charge in [-0.15, -0.1) is 0 Å². The van der Waals surface area contributed by atoms with Crippen LogP contribution in [0.1, 0.15) is 56.1 Å². The van der Waals surface area contributed by atoms with E-state index >= 15 is 0 Å². The molecule has 1 aliphatic heterocycles. The molecule has 1 aromatic carbocycles. The number of piperidine rings is 1. The average molecular weight is 412 g/mol. The lowest BCUT2D eigenvalue weighted by Gasteiger charge is -2.35. The molecule has 1 aliphatic carbocycles. The van der Waals surface area contributed by atoms with Gasteiger partial charge in [0.25, 0.3) is 0 Å². The van der Waals surface area contributed by atoms with E-state index in [1.165, 1.54) is 11.0 Å². The summed E-state index contributed by atoms with van der Waals surface area (Å²) in [5.74, 6) is -0.811. The van der Waals surface area contributed by atoms with Crippen molar-refractivity contribution in [3.63, 3.8) is 0 Å². The minimum atomic E-state index is -4.44. The van der Waals surface area contributed by atoms with Crippen molar-refractivity contribution in [1.82, 2.24) is 10.2 Å². The van der Waals surface area contributed by atoms with E-state index < -0.39 is 23.3 Å². The zero-order valence-corrected chi connectivity index (χ0v) is 16.3. The molecule has 0 unspecified atom stereocenters. The van der Waals surface area contributed by atoms with E-state index in [4.69, 9.17) is 0 Å². The standard InChI is InChI=1S/C21H27F3N2O3/c22-21(23,24)17-6-4-5-15(11-17)12-26-13-16(7-8-18(26)27)19(28)25-14-20(29)9-2-1-3-10-20/h4-6,11,16,29H,1-3,7-10,12-14H2,(H,25,28)/t16-/m0/s1. The van der Waals surface area contributed by atoms with Crippen LogP contribution in [0.25, 0.3) is 0 Å². The number of benzene rings is 1. The summed E-state index contributed by atoms with van der Waals surface area (Å²) in [6.45, 7) is 0.402. The molecule has 3 rings (SSSR count). The van der Waals surface area contributed by atoms with Gasteiger partial charge in [0.1, 0.15) is 0 Å². The number of rotatable bonds is 5. The summed E-state index contributed by atoms with van der Waals surface area (Å²) < 4.78 is 38.7. The van der Waals surface area contributed by atoms with Crippen LogP contribution >= 0.6 is 0 Å². The molecule has 160 valence electrons. The smallest absolute Gasteiger partial charge is 0.388 e. The minimum Gasteiger partial charge on any atom is -0.388 e. The highest BCUT2D eigenvalue weighted by Gasteiger charge is 2.34. The number of carbonyl (C=O) groups excluding carboxylic acids is 2.